The minimum atomic E-state index is 0.0737. The second-order valence-electron chi connectivity index (χ2n) is 5.42. The fourth-order valence-corrected chi connectivity index (χ4v) is 3.52. The van der Waals surface area contributed by atoms with Gasteiger partial charge in [0.1, 0.15) is 5.75 Å². The van der Waals surface area contributed by atoms with Gasteiger partial charge >= 0.3 is 0 Å². The van der Waals surface area contributed by atoms with Gasteiger partial charge in [0.2, 0.25) is 0 Å². The maximum atomic E-state index is 12.8. The summed E-state index contributed by atoms with van der Waals surface area (Å²) >= 11 is 3.49. The standard InChI is InChI=1S/C18H17BrO2/c1-21-15-8-9-16(17(19)11-15)18(20)14-7-6-12-4-2-3-5-13(12)10-14/h2-5,8-9,11,14H,6-7,10H2,1H3. The van der Waals surface area contributed by atoms with E-state index in [1.165, 1.54) is 11.1 Å². The van der Waals surface area contributed by atoms with Gasteiger partial charge in [0.25, 0.3) is 0 Å². The molecule has 0 heterocycles. The highest BCUT2D eigenvalue weighted by atomic mass is 79.9. The molecule has 0 aliphatic heterocycles. The van der Waals surface area contributed by atoms with Gasteiger partial charge in [-0.05, 0) is 64.5 Å². The first-order valence-electron chi connectivity index (χ1n) is 7.13. The van der Waals surface area contributed by atoms with Crippen molar-refractivity contribution in [3.8, 4) is 5.75 Å². The molecule has 108 valence electrons. The highest BCUT2D eigenvalue weighted by Crippen LogP contribution is 2.31. The van der Waals surface area contributed by atoms with E-state index in [0.29, 0.717) is 0 Å². The average Bonchev–Trinajstić information content (AvgIpc) is 2.53. The molecule has 2 nitrogen and oxygen atoms in total. The lowest BCUT2D eigenvalue weighted by Crippen LogP contribution is -2.23. The Hall–Kier alpha value is -1.61. The minimum absolute atomic E-state index is 0.0737. The number of aryl methyl sites for hydroxylation is 1. The molecular formula is C18H17BrO2. The molecule has 2 aromatic carbocycles. The second kappa shape index (κ2) is 6.02. The Morgan fingerprint density at radius 1 is 1.19 bits per heavy atom. The zero-order valence-electron chi connectivity index (χ0n) is 11.9. The lowest BCUT2D eigenvalue weighted by atomic mass is 9.80. The molecule has 0 N–H and O–H groups in total. The molecule has 2 aromatic rings. The molecule has 1 aliphatic rings. The molecule has 0 saturated heterocycles. The molecule has 3 heteroatoms. The van der Waals surface area contributed by atoms with Crippen LogP contribution < -0.4 is 4.74 Å². The molecule has 3 rings (SSSR count). The van der Waals surface area contributed by atoms with Crippen LogP contribution in [-0.2, 0) is 12.8 Å². The molecule has 0 saturated carbocycles. The molecular weight excluding hydrogens is 328 g/mol. The SMILES string of the molecule is COc1ccc(C(=O)C2CCc3ccccc3C2)c(Br)c1. The molecule has 1 unspecified atom stereocenters. The molecule has 1 atom stereocenters. The van der Waals surface area contributed by atoms with Crippen LogP contribution in [0.4, 0.5) is 0 Å². The summed E-state index contributed by atoms with van der Waals surface area (Å²) in [4.78, 5) is 12.8. The van der Waals surface area contributed by atoms with Crippen molar-refractivity contribution in [2.24, 2.45) is 5.92 Å². The summed E-state index contributed by atoms with van der Waals surface area (Å²) in [6.07, 6.45) is 2.75. The van der Waals surface area contributed by atoms with Gasteiger partial charge < -0.3 is 4.74 Å². The zero-order valence-corrected chi connectivity index (χ0v) is 13.5. The molecule has 0 bridgehead atoms. The van der Waals surface area contributed by atoms with Crippen molar-refractivity contribution in [1.82, 2.24) is 0 Å². The predicted octanol–water partition coefficient (Wildman–Crippen LogP) is 4.45. The highest BCUT2D eigenvalue weighted by molar-refractivity contribution is 9.10. The van der Waals surface area contributed by atoms with Crippen LogP contribution in [0.15, 0.2) is 46.9 Å². The third kappa shape index (κ3) is 2.88. The Balaban J connectivity index is 1.84. The van der Waals surface area contributed by atoms with Crippen molar-refractivity contribution in [3.05, 3.63) is 63.6 Å². The van der Waals surface area contributed by atoms with Gasteiger partial charge in [-0.2, -0.15) is 0 Å². The Kier molecular flexibility index (Phi) is 4.11. The highest BCUT2D eigenvalue weighted by Gasteiger charge is 2.26. The molecule has 0 radical (unpaired) electrons. The largest absolute Gasteiger partial charge is 0.497 e. The summed E-state index contributed by atoms with van der Waals surface area (Å²) in [5, 5.41) is 0. The smallest absolute Gasteiger partial charge is 0.167 e. The van der Waals surface area contributed by atoms with Gasteiger partial charge in [0, 0.05) is 16.0 Å². The van der Waals surface area contributed by atoms with Gasteiger partial charge in [-0.25, -0.2) is 0 Å². The van der Waals surface area contributed by atoms with Crippen LogP contribution in [0.5, 0.6) is 5.75 Å². The van der Waals surface area contributed by atoms with Crippen molar-refractivity contribution < 1.29 is 9.53 Å². The summed E-state index contributed by atoms with van der Waals surface area (Å²) in [5.41, 5.74) is 3.45. The summed E-state index contributed by atoms with van der Waals surface area (Å²) in [6, 6.07) is 14.0. The van der Waals surface area contributed by atoms with E-state index in [1.807, 2.05) is 18.2 Å². The third-order valence-electron chi connectivity index (χ3n) is 4.16. The van der Waals surface area contributed by atoms with E-state index in [0.717, 1.165) is 35.0 Å². The number of fused-ring (bicyclic) bond motifs is 1. The first kappa shape index (κ1) is 14.3. The summed E-state index contributed by atoms with van der Waals surface area (Å²) < 4.78 is 5.99. The average molecular weight is 345 g/mol. The topological polar surface area (TPSA) is 26.3 Å². The van der Waals surface area contributed by atoms with Crippen molar-refractivity contribution in [3.63, 3.8) is 0 Å². The Morgan fingerprint density at radius 3 is 2.67 bits per heavy atom. The van der Waals surface area contributed by atoms with E-state index in [9.17, 15) is 4.79 Å². The quantitative estimate of drug-likeness (QED) is 0.769. The number of ether oxygens (including phenoxy) is 1. The number of hydrogen-bond donors (Lipinski definition) is 0. The van der Waals surface area contributed by atoms with Crippen LogP contribution in [-0.4, -0.2) is 12.9 Å². The van der Waals surface area contributed by atoms with Crippen molar-refractivity contribution >= 4 is 21.7 Å². The van der Waals surface area contributed by atoms with Gasteiger partial charge in [-0.3, -0.25) is 4.79 Å². The third-order valence-corrected chi connectivity index (χ3v) is 4.82. The number of ketones is 1. The Labute approximate surface area is 133 Å². The monoisotopic (exact) mass is 344 g/mol. The van der Waals surface area contributed by atoms with Gasteiger partial charge in [-0.1, -0.05) is 24.3 Å². The fourth-order valence-electron chi connectivity index (χ4n) is 2.96. The molecule has 21 heavy (non-hydrogen) atoms. The fraction of sp³-hybridized carbons (Fsp3) is 0.278. The van der Waals surface area contributed by atoms with E-state index in [4.69, 9.17) is 4.74 Å². The normalized spacial score (nSPS) is 17.1. The van der Waals surface area contributed by atoms with Crippen LogP contribution in [0.25, 0.3) is 0 Å². The maximum absolute atomic E-state index is 12.8. The van der Waals surface area contributed by atoms with Crippen molar-refractivity contribution in [2.75, 3.05) is 7.11 Å². The lowest BCUT2D eigenvalue weighted by molar-refractivity contribution is 0.0908. The van der Waals surface area contributed by atoms with E-state index in [-0.39, 0.29) is 11.7 Å². The van der Waals surface area contributed by atoms with Crippen LogP contribution >= 0.6 is 15.9 Å². The maximum Gasteiger partial charge on any atom is 0.167 e. The van der Waals surface area contributed by atoms with Crippen molar-refractivity contribution in [2.45, 2.75) is 19.3 Å². The predicted molar refractivity (Wildman–Crippen MR) is 87.0 cm³/mol. The number of rotatable bonds is 3. The van der Waals surface area contributed by atoms with Gasteiger partial charge in [-0.15, -0.1) is 0 Å². The summed E-state index contributed by atoms with van der Waals surface area (Å²) in [5.74, 6) is 1.05. The zero-order chi connectivity index (χ0) is 14.8. The number of carbonyl (C=O) groups excluding carboxylic acids is 1. The molecule has 0 fully saturated rings. The van der Waals surface area contributed by atoms with E-state index >= 15 is 0 Å². The van der Waals surface area contributed by atoms with Gasteiger partial charge in [0.15, 0.2) is 5.78 Å². The number of benzene rings is 2. The second-order valence-corrected chi connectivity index (χ2v) is 6.27. The Morgan fingerprint density at radius 2 is 1.95 bits per heavy atom. The number of halogens is 1. The molecule has 0 aromatic heterocycles. The first-order valence-corrected chi connectivity index (χ1v) is 7.93. The van der Waals surface area contributed by atoms with E-state index in [1.54, 1.807) is 7.11 Å². The lowest BCUT2D eigenvalue weighted by Gasteiger charge is -2.24. The summed E-state index contributed by atoms with van der Waals surface area (Å²) in [7, 11) is 1.63. The van der Waals surface area contributed by atoms with Gasteiger partial charge in [0.05, 0.1) is 7.11 Å². The van der Waals surface area contributed by atoms with E-state index < -0.39 is 0 Å². The molecule has 0 amide bonds. The number of Topliss-reactive ketones (excluding diaryl/α,β-unsaturated/α-hetero) is 1. The molecule has 1 aliphatic carbocycles. The Bertz CT molecular complexity index is 679. The molecule has 0 spiro atoms. The first-order chi connectivity index (χ1) is 10.2. The number of methoxy groups -OCH3 is 1. The van der Waals surface area contributed by atoms with Crippen LogP contribution in [0.1, 0.15) is 27.9 Å². The number of hydrogen-bond acceptors (Lipinski definition) is 2. The number of carbonyl (C=O) groups is 1. The van der Waals surface area contributed by atoms with Crippen LogP contribution in [0.3, 0.4) is 0 Å². The van der Waals surface area contributed by atoms with E-state index in [2.05, 4.69) is 40.2 Å². The minimum Gasteiger partial charge on any atom is -0.497 e. The van der Waals surface area contributed by atoms with Crippen molar-refractivity contribution in [1.29, 1.82) is 0 Å². The summed E-state index contributed by atoms with van der Waals surface area (Å²) in [6.45, 7) is 0. The van der Waals surface area contributed by atoms with Crippen LogP contribution in [0, 0.1) is 5.92 Å². The van der Waals surface area contributed by atoms with Crippen LogP contribution in [0.2, 0.25) is 0 Å².